The standard InChI is InChI=1S/C17H21NO5/c1-18(21)12-8-9-13(18)15(17(20)22-2)14(10-12)23-16(19)11-6-4-3-5-7-11/h3-7,12-15H,8-10H2,1-2H3/t12-,13+,14-,15+,18-/m0/s1. The Morgan fingerprint density at radius 2 is 1.91 bits per heavy atom. The lowest BCUT2D eigenvalue weighted by molar-refractivity contribution is -0.906. The Bertz CT molecular complexity index is 600. The maximum absolute atomic E-state index is 12.8. The van der Waals surface area contributed by atoms with Crippen molar-refractivity contribution in [3.63, 3.8) is 0 Å². The first-order chi connectivity index (χ1) is 10.9. The Kier molecular flexibility index (Phi) is 4.12. The third-order valence-electron chi connectivity index (χ3n) is 5.24. The number of hydrogen-bond donors (Lipinski definition) is 0. The molecule has 0 saturated carbocycles. The molecule has 2 bridgehead atoms. The van der Waals surface area contributed by atoms with E-state index >= 15 is 0 Å². The zero-order valence-corrected chi connectivity index (χ0v) is 13.3. The number of quaternary nitrogens is 1. The van der Waals surface area contributed by atoms with Crippen LogP contribution in [0.1, 0.15) is 29.6 Å². The fourth-order valence-electron chi connectivity index (χ4n) is 3.98. The van der Waals surface area contributed by atoms with E-state index in [1.54, 1.807) is 31.3 Å². The average molecular weight is 319 g/mol. The number of carbonyl (C=O) groups excluding carboxylic acids is 2. The molecule has 0 spiro atoms. The molecule has 0 aliphatic carbocycles. The van der Waals surface area contributed by atoms with Crippen LogP contribution in [0.3, 0.4) is 0 Å². The first kappa shape index (κ1) is 16.0. The topological polar surface area (TPSA) is 75.7 Å². The molecule has 124 valence electrons. The number of hydrogen-bond acceptors (Lipinski definition) is 5. The molecule has 23 heavy (non-hydrogen) atoms. The number of benzene rings is 1. The highest BCUT2D eigenvalue weighted by Gasteiger charge is 2.57. The van der Waals surface area contributed by atoms with Gasteiger partial charge < -0.3 is 19.3 Å². The summed E-state index contributed by atoms with van der Waals surface area (Å²) in [7, 11) is 2.90. The normalized spacial score (nSPS) is 35.6. The molecule has 5 atom stereocenters. The van der Waals surface area contributed by atoms with Gasteiger partial charge in [0.2, 0.25) is 0 Å². The quantitative estimate of drug-likeness (QED) is 0.483. The number of ether oxygens (including phenoxy) is 2. The summed E-state index contributed by atoms with van der Waals surface area (Å²) in [4.78, 5) is 24.5. The van der Waals surface area contributed by atoms with Crippen LogP contribution in [0.15, 0.2) is 30.3 Å². The zero-order valence-electron chi connectivity index (χ0n) is 13.3. The number of nitrogens with zero attached hydrogens (tertiary/aromatic N) is 1. The SMILES string of the molecule is COC(=O)[C@H]1[C@@H](OC(=O)c2ccccc2)C[C@@H]2CC[C@H]1[N@@+]2(C)[O-]. The van der Waals surface area contributed by atoms with E-state index in [9.17, 15) is 14.8 Å². The van der Waals surface area contributed by atoms with E-state index in [2.05, 4.69) is 0 Å². The smallest absolute Gasteiger partial charge is 0.338 e. The van der Waals surface area contributed by atoms with Gasteiger partial charge in [0.1, 0.15) is 18.1 Å². The number of fused-ring (bicyclic) bond motifs is 2. The number of carbonyl (C=O) groups is 2. The first-order valence-corrected chi connectivity index (χ1v) is 7.86. The molecular formula is C17H21NO5. The van der Waals surface area contributed by atoms with Crippen molar-refractivity contribution < 1.29 is 23.7 Å². The molecule has 0 amide bonds. The van der Waals surface area contributed by atoms with Crippen molar-refractivity contribution in [2.45, 2.75) is 37.5 Å². The number of hydroxylamine groups is 3. The highest BCUT2D eigenvalue weighted by atomic mass is 16.6. The van der Waals surface area contributed by atoms with Gasteiger partial charge in [0.25, 0.3) is 0 Å². The van der Waals surface area contributed by atoms with Gasteiger partial charge >= 0.3 is 11.9 Å². The molecule has 2 aliphatic rings. The van der Waals surface area contributed by atoms with Gasteiger partial charge in [0, 0.05) is 19.3 Å². The van der Waals surface area contributed by atoms with Crippen LogP contribution >= 0.6 is 0 Å². The number of methoxy groups -OCH3 is 1. The Hall–Kier alpha value is -1.92. The van der Waals surface area contributed by atoms with E-state index < -0.39 is 34.6 Å². The maximum atomic E-state index is 12.8. The Labute approximate surface area is 135 Å². The molecule has 6 nitrogen and oxygen atoms in total. The predicted octanol–water partition coefficient (Wildman–Crippen LogP) is 1.88. The summed E-state index contributed by atoms with van der Waals surface area (Å²) in [6, 6.07) is 8.12. The van der Waals surface area contributed by atoms with Crippen molar-refractivity contribution >= 4 is 11.9 Å². The lowest BCUT2D eigenvalue weighted by atomic mass is 9.87. The van der Waals surface area contributed by atoms with Gasteiger partial charge in [-0.15, -0.1) is 0 Å². The van der Waals surface area contributed by atoms with Crippen LogP contribution in [0, 0.1) is 11.1 Å². The van der Waals surface area contributed by atoms with E-state index in [0.717, 1.165) is 6.42 Å². The van der Waals surface area contributed by atoms with Crippen molar-refractivity contribution in [2.24, 2.45) is 5.92 Å². The Morgan fingerprint density at radius 3 is 2.57 bits per heavy atom. The van der Waals surface area contributed by atoms with E-state index in [0.29, 0.717) is 18.4 Å². The van der Waals surface area contributed by atoms with Gasteiger partial charge in [-0.25, -0.2) is 4.79 Å². The van der Waals surface area contributed by atoms with Crippen LogP contribution in [-0.2, 0) is 14.3 Å². The molecule has 2 fully saturated rings. The van der Waals surface area contributed by atoms with Crippen LogP contribution in [0.4, 0.5) is 0 Å². The average Bonchev–Trinajstić information content (AvgIpc) is 2.73. The van der Waals surface area contributed by atoms with Crippen LogP contribution in [-0.4, -0.2) is 48.9 Å². The zero-order chi connectivity index (χ0) is 16.6. The van der Waals surface area contributed by atoms with Crippen LogP contribution < -0.4 is 0 Å². The first-order valence-electron chi connectivity index (χ1n) is 7.86. The van der Waals surface area contributed by atoms with Gasteiger partial charge in [-0.1, -0.05) is 18.2 Å². The van der Waals surface area contributed by atoms with Gasteiger partial charge in [0.05, 0.1) is 25.8 Å². The van der Waals surface area contributed by atoms with Crippen molar-refractivity contribution in [1.82, 2.24) is 0 Å². The molecule has 2 aliphatic heterocycles. The summed E-state index contributed by atoms with van der Waals surface area (Å²) in [5.74, 6) is -1.64. The lowest BCUT2D eigenvalue weighted by Crippen LogP contribution is -2.61. The fourth-order valence-corrected chi connectivity index (χ4v) is 3.98. The second-order valence-corrected chi connectivity index (χ2v) is 6.45. The molecule has 1 aromatic carbocycles. The van der Waals surface area contributed by atoms with E-state index in [-0.39, 0.29) is 6.04 Å². The highest BCUT2D eigenvalue weighted by Crippen LogP contribution is 2.45. The van der Waals surface area contributed by atoms with Gasteiger partial charge in [-0.2, -0.15) is 0 Å². The molecule has 6 heteroatoms. The summed E-state index contributed by atoms with van der Waals surface area (Å²) >= 11 is 0. The highest BCUT2D eigenvalue weighted by molar-refractivity contribution is 5.89. The third kappa shape index (κ3) is 2.72. The van der Waals surface area contributed by atoms with Crippen LogP contribution in [0.5, 0.6) is 0 Å². The maximum Gasteiger partial charge on any atom is 0.338 e. The number of rotatable bonds is 3. The second-order valence-electron chi connectivity index (χ2n) is 6.45. The summed E-state index contributed by atoms with van der Waals surface area (Å²) in [5, 5.41) is 12.8. The molecule has 0 aromatic heterocycles. The fraction of sp³-hybridized carbons (Fsp3) is 0.529. The molecule has 1 aromatic rings. The van der Waals surface area contributed by atoms with Crippen molar-refractivity contribution in [3.05, 3.63) is 41.1 Å². The van der Waals surface area contributed by atoms with Crippen molar-refractivity contribution in [2.75, 3.05) is 14.2 Å². The molecular weight excluding hydrogens is 298 g/mol. The van der Waals surface area contributed by atoms with Gasteiger partial charge in [-0.05, 0) is 12.1 Å². The summed E-state index contributed by atoms with van der Waals surface area (Å²) in [5.41, 5.74) is 0.438. The molecule has 0 N–H and O–H groups in total. The Balaban J connectivity index is 1.83. The summed E-state index contributed by atoms with van der Waals surface area (Å²) < 4.78 is 10.0. The molecule has 2 heterocycles. The Morgan fingerprint density at radius 1 is 1.22 bits per heavy atom. The van der Waals surface area contributed by atoms with Gasteiger partial charge in [-0.3, -0.25) is 4.79 Å². The number of esters is 2. The third-order valence-corrected chi connectivity index (χ3v) is 5.24. The van der Waals surface area contributed by atoms with Crippen molar-refractivity contribution in [3.8, 4) is 0 Å². The molecule has 2 saturated heterocycles. The molecule has 3 rings (SSSR count). The lowest BCUT2D eigenvalue weighted by Gasteiger charge is -2.52. The second kappa shape index (κ2) is 5.94. The minimum atomic E-state index is -0.700. The predicted molar refractivity (Wildman–Crippen MR) is 82.1 cm³/mol. The van der Waals surface area contributed by atoms with Crippen LogP contribution in [0.25, 0.3) is 0 Å². The number of piperidine rings is 1. The summed E-state index contributed by atoms with van der Waals surface area (Å²) in [6.45, 7) is 0. The minimum Gasteiger partial charge on any atom is -0.633 e. The van der Waals surface area contributed by atoms with Gasteiger partial charge in [0.15, 0.2) is 0 Å². The summed E-state index contributed by atoms with van der Waals surface area (Å²) in [6.07, 6.45) is 1.20. The van der Waals surface area contributed by atoms with E-state index in [1.807, 2.05) is 6.07 Å². The largest absolute Gasteiger partial charge is 0.633 e. The molecule has 0 unspecified atom stereocenters. The van der Waals surface area contributed by atoms with Crippen molar-refractivity contribution in [1.29, 1.82) is 0 Å². The monoisotopic (exact) mass is 319 g/mol. The van der Waals surface area contributed by atoms with E-state index in [4.69, 9.17) is 9.47 Å². The van der Waals surface area contributed by atoms with E-state index in [1.165, 1.54) is 7.11 Å². The van der Waals surface area contributed by atoms with Crippen LogP contribution in [0.2, 0.25) is 0 Å². The molecule has 0 radical (unpaired) electrons. The minimum absolute atomic E-state index is 0.130.